The topological polar surface area (TPSA) is 49.7 Å². The maximum atomic E-state index is 12.0. The predicted molar refractivity (Wildman–Crippen MR) is 81.9 cm³/mol. The lowest BCUT2D eigenvalue weighted by molar-refractivity contribution is -0.117. The van der Waals surface area contributed by atoms with Gasteiger partial charge in [-0.2, -0.15) is 0 Å². The van der Waals surface area contributed by atoms with Crippen LogP contribution in [0.4, 0.5) is 0 Å². The number of Topliss-reactive ketones (excluding diaryl/α,β-unsaturated/α-hetero) is 1. The molecule has 0 spiro atoms. The number of carbonyl (C=O) groups is 1. The maximum absolute atomic E-state index is 12.0. The van der Waals surface area contributed by atoms with Gasteiger partial charge >= 0.3 is 0 Å². The number of hydrogen-bond acceptors (Lipinski definition) is 3. The number of rotatable bonds is 4. The summed E-state index contributed by atoms with van der Waals surface area (Å²) in [5, 5.41) is 9.98. The molecule has 19 heavy (non-hydrogen) atoms. The van der Waals surface area contributed by atoms with Gasteiger partial charge in [-0.15, -0.1) is 0 Å². The molecule has 1 aliphatic rings. The molecule has 0 heterocycles. The minimum absolute atomic E-state index is 0.0245. The van der Waals surface area contributed by atoms with E-state index in [0.29, 0.717) is 24.1 Å². The van der Waals surface area contributed by atoms with Crippen LogP contribution in [-0.4, -0.2) is 23.1 Å². The van der Waals surface area contributed by atoms with Crippen molar-refractivity contribution in [1.29, 1.82) is 0 Å². The molecule has 0 fully saturated rings. The van der Waals surface area contributed by atoms with Crippen LogP contribution in [0.2, 0.25) is 0 Å². The van der Waals surface area contributed by atoms with Crippen molar-refractivity contribution in [2.24, 2.45) is 10.4 Å². The molecule has 3 heteroatoms. The summed E-state index contributed by atoms with van der Waals surface area (Å²) in [6.07, 6.45) is 3.16. The monoisotopic (exact) mass is 267 g/mol. The van der Waals surface area contributed by atoms with Gasteiger partial charge < -0.3 is 5.11 Å². The van der Waals surface area contributed by atoms with Gasteiger partial charge in [-0.1, -0.05) is 41.0 Å². The van der Waals surface area contributed by atoms with Crippen LogP contribution in [0.3, 0.4) is 0 Å². The second-order valence-electron chi connectivity index (χ2n) is 5.58. The summed E-state index contributed by atoms with van der Waals surface area (Å²) in [4.78, 5) is 16.4. The van der Waals surface area contributed by atoms with E-state index in [9.17, 15) is 9.90 Å². The molecular weight excluding hydrogens is 238 g/mol. The molecule has 0 unspecified atom stereocenters. The van der Waals surface area contributed by atoms with Crippen molar-refractivity contribution < 1.29 is 9.90 Å². The van der Waals surface area contributed by atoms with E-state index in [0.717, 1.165) is 19.4 Å². The molecule has 3 nitrogen and oxygen atoms in total. The zero-order chi connectivity index (χ0) is 15.1. The van der Waals surface area contributed by atoms with Gasteiger partial charge in [0.1, 0.15) is 5.76 Å². The molecule has 1 aliphatic carbocycles. The van der Waals surface area contributed by atoms with Crippen molar-refractivity contribution in [3.8, 4) is 0 Å². The fourth-order valence-corrected chi connectivity index (χ4v) is 2.18. The first-order valence-electron chi connectivity index (χ1n) is 7.34. The van der Waals surface area contributed by atoms with Gasteiger partial charge in [0.15, 0.2) is 5.78 Å². The van der Waals surface area contributed by atoms with Crippen LogP contribution in [0.1, 0.15) is 67.2 Å². The summed E-state index contributed by atoms with van der Waals surface area (Å²) < 4.78 is 0. The first-order valence-corrected chi connectivity index (χ1v) is 7.34. The molecule has 0 radical (unpaired) electrons. The zero-order valence-corrected chi connectivity index (χ0v) is 13.3. The summed E-state index contributed by atoms with van der Waals surface area (Å²) in [7, 11) is 0. The maximum Gasteiger partial charge on any atom is 0.168 e. The van der Waals surface area contributed by atoms with Crippen molar-refractivity contribution in [2.75, 3.05) is 6.54 Å². The number of unbranched alkanes of at least 4 members (excludes halogenated alkanes) is 1. The summed E-state index contributed by atoms with van der Waals surface area (Å²) >= 11 is 0. The van der Waals surface area contributed by atoms with E-state index >= 15 is 0 Å². The quantitative estimate of drug-likeness (QED) is 0.603. The SMILES string of the molecule is CC.CCCCN=C(C)C1=C(O)CC(C)(C)CC1=O. The highest BCUT2D eigenvalue weighted by molar-refractivity contribution is 6.22. The van der Waals surface area contributed by atoms with E-state index in [1.807, 2.05) is 34.6 Å². The van der Waals surface area contributed by atoms with Gasteiger partial charge in [0.25, 0.3) is 0 Å². The highest BCUT2D eigenvalue weighted by Crippen LogP contribution is 2.36. The number of ketones is 1. The number of hydrogen-bond donors (Lipinski definition) is 1. The van der Waals surface area contributed by atoms with E-state index in [-0.39, 0.29) is 17.0 Å². The van der Waals surface area contributed by atoms with Gasteiger partial charge in [-0.25, -0.2) is 0 Å². The third kappa shape index (κ3) is 5.58. The third-order valence-electron chi connectivity index (χ3n) is 3.07. The molecule has 0 saturated heterocycles. The van der Waals surface area contributed by atoms with Gasteiger partial charge in [-0.05, 0) is 18.8 Å². The Morgan fingerprint density at radius 1 is 1.32 bits per heavy atom. The van der Waals surface area contributed by atoms with E-state index in [1.54, 1.807) is 0 Å². The molecule has 0 saturated carbocycles. The smallest absolute Gasteiger partial charge is 0.168 e. The van der Waals surface area contributed by atoms with Crippen LogP contribution in [0.15, 0.2) is 16.3 Å². The Hall–Kier alpha value is -1.12. The third-order valence-corrected chi connectivity index (χ3v) is 3.07. The molecular formula is C16H29NO2. The molecule has 0 aromatic heterocycles. The number of aliphatic imine (C=N–C) groups is 1. The van der Waals surface area contributed by atoms with Crippen LogP contribution >= 0.6 is 0 Å². The predicted octanol–water partition coefficient (Wildman–Crippen LogP) is 4.47. The van der Waals surface area contributed by atoms with Crippen LogP contribution in [0, 0.1) is 5.41 Å². The van der Waals surface area contributed by atoms with E-state index in [1.165, 1.54) is 0 Å². The second-order valence-corrected chi connectivity index (χ2v) is 5.58. The molecule has 110 valence electrons. The first-order chi connectivity index (χ1) is 8.87. The normalized spacial score (nSPS) is 19.1. The minimum atomic E-state index is -0.131. The highest BCUT2D eigenvalue weighted by Gasteiger charge is 2.33. The fourth-order valence-electron chi connectivity index (χ4n) is 2.18. The first kappa shape index (κ1) is 17.9. The molecule has 0 aromatic rings. The summed E-state index contributed by atoms with van der Waals surface area (Å²) in [6, 6.07) is 0. The Balaban J connectivity index is 0.00000154. The molecule has 0 aliphatic heterocycles. The van der Waals surface area contributed by atoms with Crippen LogP contribution in [0.5, 0.6) is 0 Å². The van der Waals surface area contributed by atoms with Crippen molar-refractivity contribution >= 4 is 11.5 Å². The fraction of sp³-hybridized carbons (Fsp3) is 0.750. The lowest BCUT2D eigenvalue weighted by Crippen LogP contribution is -2.28. The summed E-state index contributed by atoms with van der Waals surface area (Å²) in [6.45, 7) is 12.7. The number of aliphatic hydroxyl groups excluding tert-OH is 1. The molecule has 0 aromatic carbocycles. The Bertz CT molecular complexity index is 365. The van der Waals surface area contributed by atoms with Crippen molar-refractivity contribution in [1.82, 2.24) is 0 Å². The van der Waals surface area contributed by atoms with Gasteiger partial charge in [0.2, 0.25) is 0 Å². The Labute approximate surface area is 117 Å². The second kappa shape index (κ2) is 8.13. The molecule has 0 amide bonds. The Morgan fingerprint density at radius 3 is 2.37 bits per heavy atom. The Kier molecular flexibility index (Phi) is 7.65. The van der Waals surface area contributed by atoms with Crippen molar-refractivity contribution in [3.63, 3.8) is 0 Å². The highest BCUT2D eigenvalue weighted by atomic mass is 16.3. The van der Waals surface area contributed by atoms with Crippen LogP contribution < -0.4 is 0 Å². The minimum Gasteiger partial charge on any atom is -0.511 e. The summed E-state index contributed by atoms with van der Waals surface area (Å²) in [5.74, 6) is 0.237. The van der Waals surface area contributed by atoms with Gasteiger partial charge in [0, 0.05) is 25.1 Å². The lowest BCUT2D eigenvalue weighted by Gasteiger charge is -2.29. The largest absolute Gasteiger partial charge is 0.511 e. The molecule has 0 atom stereocenters. The van der Waals surface area contributed by atoms with Crippen molar-refractivity contribution in [3.05, 3.63) is 11.3 Å². The summed E-state index contributed by atoms with van der Waals surface area (Å²) in [5.41, 5.74) is 1.02. The average molecular weight is 267 g/mol. The molecule has 0 bridgehead atoms. The van der Waals surface area contributed by atoms with E-state index in [4.69, 9.17) is 0 Å². The van der Waals surface area contributed by atoms with E-state index < -0.39 is 0 Å². The van der Waals surface area contributed by atoms with Gasteiger partial charge in [-0.3, -0.25) is 9.79 Å². The van der Waals surface area contributed by atoms with Gasteiger partial charge in [0.05, 0.1) is 5.57 Å². The Morgan fingerprint density at radius 2 is 1.89 bits per heavy atom. The number of carbonyl (C=O) groups excluding carboxylic acids is 1. The van der Waals surface area contributed by atoms with Crippen LogP contribution in [-0.2, 0) is 4.79 Å². The number of nitrogens with zero attached hydrogens (tertiary/aromatic N) is 1. The molecule has 1 rings (SSSR count). The lowest BCUT2D eigenvalue weighted by atomic mass is 9.76. The number of aliphatic hydroxyl groups is 1. The average Bonchev–Trinajstić information content (AvgIpc) is 2.29. The standard InChI is InChI=1S/C14H23NO2.C2H6/c1-5-6-7-15-10(2)13-11(16)8-14(3,4)9-12(13)17;1-2/h16H,5-9H2,1-4H3;1-2H3. The van der Waals surface area contributed by atoms with Crippen LogP contribution in [0.25, 0.3) is 0 Å². The molecule has 1 N–H and O–H groups in total. The van der Waals surface area contributed by atoms with E-state index in [2.05, 4.69) is 11.9 Å². The zero-order valence-electron chi connectivity index (χ0n) is 13.3. The van der Waals surface area contributed by atoms with Crippen molar-refractivity contribution in [2.45, 2.75) is 67.2 Å². The number of allylic oxidation sites excluding steroid dienone is 2.